The fraction of sp³-hybridized carbons (Fsp3) is 0.500. The summed E-state index contributed by atoms with van der Waals surface area (Å²) >= 11 is 0. The van der Waals surface area contributed by atoms with Gasteiger partial charge in [0, 0.05) is 39.4 Å². The zero-order valence-corrected chi connectivity index (χ0v) is 15.6. The number of hydrogen-bond donors (Lipinski definition) is 1. The summed E-state index contributed by atoms with van der Waals surface area (Å²) in [5, 5.41) is 3.33. The van der Waals surface area contributed by atoms with Gasteiger partial charge in [0.05, 0.1) is 12.7 Å². The van der Waals surface area contributed by atoms with Crippen LogP contribution in [0.1, 0.15) is 25.2 Å². The van der Waals surface area contributed by atoms with Crippen molar-refractivity contribution >= 4 is 5.96 Å². The van der Waals surface area contributed by atoms with Crippen molar-refractivity contribution in [2.45, 2.75) is 25.8 Å². The Morgan fingerprint density at radius 3 is 2.77 bits per heavy atom. The van der Waals surface area contributed by atoms with Crippen LogP contribution in [0.3, 0.4) is 0 Å². The minimum Gasteiger partial charge on any atom is -0.439 e. The second-order valence-corrected chi connectivity index (χ2v) is 6.65. The van der Waals surface area contributed by atoms with Crippen LogP contribution in [0.2, 0.25) is 0 Å². The SMILES string of the molecule is CN=C(NCc1ncc(-c2ccccc2)o1)N(C)CCC1CCOCC1. The molecule has 0 aliphatic carbocycles. The van der Waals surface area contributed by atoms with Gasteiger partial charge in [-0.25, -0.2) is 4.98 Å². The Labute approximate surface area is 155 Å². The molecule has 0 atom stereocenters. The van der Waals surface area contributed by atoms with Gasteiger partial charge in [0.2, 0.25) is 5.89 Å². The molecule has 2 heterocycles. The fourth-order valence-electron chi connectivity index (χ4n) is 3.18. The summed E-state index contributed by atoms with van der Waals surface area (Å²) in [5.74, 6) is 3.05. The lowest BCUT2D eigenvalue weighted by atomic mass is 9.96. The summed E-state index contributed by atoms with van der Waals surface area (Å²) in [4.78, 5) is 10.9. The Morgan fingerprint density at radius 1 is 1.27 bits per heavy atom. The van der Waals surface area contributed by atoms with Gasteiger partial charge in [-0.2, -0.15) is 0 Å². The van der Waals surface area contributed by atoms with Gasteiger partial charge in [0.15, 0.2) is 11.7 Å². The normalized spacial score (nSPS) is 15.8. The molecule has 0 spiro atoms. The molecule has 1 aromatic carbocycles. The van der Waals surface area contributed by atoms with E-state index in [4.69, 9.17) is 9.15 Å². The van der Waals surface area contributed by atoms with E-state index in [1.807, 2.05) is 30.3 Å². The molecule has 1 aliphatic heterocycles. The van der Waals surface area contributed by atoms with Crippen molar-refractivity contribution in [3.63, 3.8) is 0 Å². The van der Waals surface area contributed by atoms with Crippen LogP contribution in [0.25, 0.3) is 11.3 Å². The van der Waals surface area contributed by atoms with Crippen molar-refractivity contribution in [1.29, 1.82) is 0 Å². The molecule has 1 saturated heterocycles. The standard InChI is InChI=1S/C20H28N4O2/c1-21-20(24(2)11-8-16-9-12-25-13-10-16)23-15-19-22-14-18(26-19)17-6-4-3-5-7-17/h3-7,14,16H,8-13,15H2,1-2H3,(H,21,23). The Hall–Kier alpha value is -2.34. The number of aliphatic imine (C=N–C) groups is 1. The lowest BCUT2D eigenvalue weighted by molar-refractivity contribution is 0.0625. The van der Waals surface area contributed by atoms with E-state index in [1.54, 1.807) is 13.2 Å². The highest BCUT2D eigenvalue weighted by Gasteiger charge is 2.15. The smallest absolute Gasteiger partial charge is 0.214 e. The molecule has 6 nitrogen and oxygen atoms in total. The molecule has 1 aromatic heterocycles. The zero-order chi connectivity index (χ0) is 18.2. The first-order chi connectivity index (χ1) is 12.8. The molecule has 0 amide bonds. The molecule has 2 aromatic rings. The molecule has 1 N–H and O–H groups in total. The van der Waals surface area contributed by atoms with E-state index in [0.29, 0.717) is 12.4 Å². The fourth-order valence-corrected chi connectivity index (χ4v) is 3.18. The summed E-state index contributed by atoms with van der Waals surface area (Å²) in [5.41, 5.74) is 1.03. The van der Waals surface area contributed by atoms with Gasteiger partial charge in [-0.15, -0.1) is 0 Å². The van der Waals surface area contributed by atoms with E-state index in [2.05, 4.69) is 27.2 Å². The summed E-state index contributed by atoms with van der Waals surface area (Å²) in [6.45, 7) is 3.29. The first kappa shape index (κ1) is 18.5. The molecule has 140 valence electrons. The number of guanidine groups is 1. The average Bonchev–Trinajstić information content (AvgIpc) is 3.17. The van der Waals surface area contributed by atoms with Gasteiger partial charge in [-0.05, 0) is 25.2 Å². The molecule has 0 unspecified atom stereocenters. The number of nitrogens with zero attached hydrogens (tertiary/aromatic N) is 3. The minimum atomic E-state index is 0.515. The van der Waals surface area contributed by atoms with Crippen molar-refractivity contribution in [2.75, 3.05) is 33.9 Å². The van der Waals surface area contributed by atoms with Gasteiger partial charge in [0.25, 0.3) is 0 Å². The third-order valence-electron chi connectivity index (χ3n) is 4.80. The maximum atomic E-state index is 5.84. The Bertz CT molecular complexity index is 693. The molecule has 0 bridgehead atoms. The van der Waals surface area contributed by atoms with Crippen LogP contribution in [-0.4, -0.2) is 49.7 Å². The van der Waals surface area contributed by atoms with Crippen LogP contribution in [-0.2, 0) is 11.3 Å². The Balaban J connectivity index is 1.48. The van der Waals surface area contributed by atoms with E-state index in [9.17, 15) is 0 Å². The van der Waals surface area contributed by atoms with E-state index in [1.165, 1.54) is 12.8 Å². The van der Waals surface area contributed by atoms with Gasteiger partial charge < -0.3 is 19.4 Å². The van der Waals surface area contributed by atoms with Gasteiger partial charge >= 0.3 is 0 Å². The van der Waals surface area contributed by atoms with Gasteiger partial charge in [0.1, 0.15) is 0 Å². The largest absolute Gasteiger partial charge is 0.439 e. The maximum Gasteiger partial charge on any atom is 0.214 e. The van der Waals surface area contributed by atoms with Crippen molar-refractivity contribution in [1.82, 2.24) is 15.2 Å². The summed E-state index contributed by atoms with van der Waals surface area (Å²) in [6.07, 6.45) is 5.26. The topological polar surface area (TPSA) is 62.9 Å². The Kier molecular flexibility index (Phi) is 6.66. The zero-order valence-electron chi connectivity index (χ0n) is 15.6. The molecule has 6 heteroatoms. The third-order valence-corrected chi connectivity index (χ3v) is 4.80. The molecule has 0 radical (unpaired) electrons. The maximum absolute atomic E-state index is 5.84. The summed E-state index contributed by atoms with van der Waals surface area (Å²) in [7, 11) is 3.87. The average molecular weight is 356 g/mol. The second kappa shape index (κ2) is 9.38. The first-order valence-electron chi connectivity index (χ1n) is 9.26. The van der Waals surface area contributed by atoms with E-state index in [0.717, 1.165) is 49.4 Å². The first-order valence-corrected chi connectivity index (χ1v) is 9.26. The quantitative estimate of drug-likeness (QED) is 0.636. The predicted molar refractivity (Wildman–Crippen MR) is 103 cm³/mol. The highest BCUT2D eigenvalue weighted by atomic mass is 16.5. The molecule has 1 fully saturated rings. The highest BCUT2D eigenvalue weighted by molar-refractivity contribution is 5.79. The molecule has 1 aliphatic rings. The minimum absolute atomic E-state index is 0.515. The van der Waals surface area contributed by atoms with E-state index in [-0.39, 0.29) is 0 Å². The second-order valence-electron chi connectivity index (χ2n) is 6.65. The summed E-state index contributed by atoms with van der Waals surface area (Å²) in [6, 6.07) is 10.0. The van der Waals surface area contributed by atoms with Crippen LogP contribution >= 0.6 is 0 Å². The number of ether oxygens (including phenoxy) is 1. The molecular weight excluding hydrogens is 328 g/mol. The van der Waals surface area contributed by atoms with Crippen LogP contribution < -0.4 is 5.32 Å². The number of hydrogen-bond acceptors (Lipinski definition) is 4. The predicted octanol–water partition coefficient (Wildman–Crippen LogP) is 3.17. The monoisotopic (exact) mass is 356 g/mol. The lowest BCUT2D eigenvalue weighted by Crippen LogP contribution is -2.39. The van der Waals surface area contributed by atoms with Gasteiger partial charge in [-0.1, -0.05) is 30.3 Å². The number of aromatic nitrogens is 1. The molecule has 3 rings (SSSR count). The lowest BCUT2D eigenvalue weighted by Gasteiger charge is -2.26. The number of nitrogens with one attached hydrogen (secondary N) is 1. The van der Waals surface area contributed by atoms with E-state index >= 15 is 0 Å². The van der Waals surface area contributed by atoms with Gasteiger partial charge in [-0.3, -0.25) is 4.99 Å². The molecule has 0 saturated carbocycles. The van der Waals surface area contributed by atoms with Crippen LogP contribution in [0.5, 0.6) is 0 Å². The van der Waals surface area contributed by atoms with Crippen molar-refractivity contribution in [2.24, 2.45) is 10.9 Å². The summed E-state index contributed by atoms with van der Waals surface area (Å²) < 4.78 is 11.3. The highest BCUT2D eigenvalue weighted by Crippen LogP contribution is 2.20. The number of oxazole rings is 1. The molecular formula is C20H28N4O2. The number of benzene rings is 1. The number of rotatable bonds is 6. The molecule has 26 heavy (non-hydrogen) atoms. The van der Waals surface area contributed by atoms with Crippen LogP contribution in [0.4, 0.5) is 0 Å². The van der Waals surface area contributed by atoms with Crippen molar-refractivity contribution < 1.29 is 9.15 Å². The Morgan fingerprint density at radius 2 is 2.04 bits per heavy atom. The van der Waals surface area contributed by atoms with Crippen LogP contribution in [0, 0.1) is 5.92 Å². The van der Waals surface area contributed by atoms with Crippen molar-refractivity contribution in [3.8, 4) is 11.3 Å². The van der Waals surface area contributed by atoms with Crippen LogP contribution in [0.15, 0.2) is 45.9 Å². The third kappa shape index (κ3) is 5.08. The van der Waals surface area contributed by atoms with E-state index < -0.39 is 0 Å². The van der Waals surface area contributed by atoms with Crippen molar-refractivity contribution in [3.05, 3.63) is 42.4 Å².